The van der Waals surface area contributed by atoms with E-state index in [9.17, 15) is 10.1 Å². The SMILES string of the molecule is CC1(C)CCCN1c1ncc(C(N)=NO)cc1[N+](=O)[O-]. The van der Waals surface area contributed by atoms with Crippen LogP contribution in [0.25, 0.3) is 0 Å². The van der Waals surface area contributed by atoms with Gasteiger partial charge >= 0.3 is 5.69 Å². The van der Waals surface area contributed by atoms with Gasteiger partial charge in [0.05, 0.1) is 4.92 Å². The molecule has 0 atom stereocenters. The largest absolute Gasteiger partial charge is 0.409 e. The maximum atomic E-state index is 11.2. The zero-order valence-corrected chi connectivity index (χ0v) is 11.4. The lowest BCUT2D eigenvalue weighted by Crippen LogP contribution is -2.39. The molecule has 0 amide bonds. The molecule has 3 N–H and O–H groups in total. The summed E-state index contributed by atoms with van der Waals surface area (Å²) >= 11 is 0. The summed E-state index contributed by atoms with van der Waals surface area (Å²) in [5.74, 6) is 0.125. The quantitative estimate of drug-likeness (QED) is 0.284. The molecule has 1 fully saturated rings. The molecule has 2 rings (SSSR count). The molecule has 0 aromatic carbocycles. The van der Waals surface area contributed by atoms with Crippen LogP contribution in [0.3, 0.4) is 0 Å². The van der Waals surface area contributed by atoms with Crippen molar-refractivity contribution in [2.45, 2.75) is 32.2 Å². The molecule has 0 aliphatic carbocycles. The van der Waals surface area contributed by atoms with Gasteiger partial charge in [-0.15, -0.1) is 0 Å². The molecule has 0 spiro atoms. The van der Waals surface area contributed by atoms with Crippen molar-refractivity contribution in [1.29, 1.82) is 0 Å². The van der Waals surface area contributed by atoms with Crippen molar-refractivity contribution >= 4 is 17.3 Å². The first kappa shape index (κ1) is 14.0. The second-order valence-corrected chi connectivity index (χ2v) is 5.38. The Labute approximate surface area is 116 Å². The maximum absolute atomic E-state index is 11.2. The van der Waals surface area contributed by atoms with Crippen molar-refractivity contribution in [3.05, 3.63) is 27.9 Å². The van der Waals surface area contributed by atoms with E-state index in [-0.39, 0.29) is 22.6 Å². The predicted octanol–water partition coefficient (Wildman–Crippen LogP) is 1.46. The molecule has 0 bridgehead atoms. The summed E-state index contributed by atoms with van der Waals surface area (Å²) in [7, 11) is 0. The van der Waals surface area contributed by atoms with Gasteiger partial charge in [0.1, 0.15) is 0 Å². The Morgan fingerprint density at radius 3 is 2.85 bits per heavy atom. The monoisotopic (exact) mass is 279 g/mol. The van der Waals surface area contributed by atoms with Gasteiger partial charge in [-0.25, -0.2) is 4.98 Å². The molecule has 1 aliphatic heterocycles. The number of nitro groups is 1. The summed E-state index contributed by atoms with van der Waals surface area (Å²) in [5.41, 5.74) is 5.36. The van der Waals surface area contributed by atoms with Crippen molar-refractivity contribution in [2.75, 3.05) is 11.4 Å². The first-order valence-corrected chi connectivity index (χ1v) is 6.27. The number of aromatic nitrogens is 1. The molecular weight excluding hydrogens is 262 g/mol. The van der Waals surface area contributed by atoms with Gasteiger partial charge in [-0.1, -0.05) is 5.16 Å². The summed E-state index contributed by atoms with van der Waals surface area (Å²) in [6, 6.07) is 1.28. The van der Waals surface area contributed by atoms with E-state index < -0.39 is 4.92 Å². The van der Waals surface area contributed by atoms with Crippen LogP contribution < -0.4 is 10.6 Å². The van der Waals surface area contributed by atoms with Crippen LogP contribution in [0.2, 0.25) is 0 Å². The zero-order chi connectivity index (χ0) is 14.9. The van der Waals surface area contributed by atoms with Crippen molar-refractivity contribution in [2.24, 2.45) is 10.9 Å². The molecule has 8 nitrogen and oxygen atoms in total. The molecule has 2 heterocycles. The van der Waals surface area contributed by atoms with Gasteiger partial charge in [0.2, 0.25) is 5.82 Å². The van der Waals surface area contributed by atoms with E-state index in [1.54, 1.807) is 0 Å². The van der Waals surface area contributed by atoms with Gasteiger partial charge in [-0.3, -0.25) is 10.1 Å². The fourth-order valence-corrected chi connectivity index (χ4v) is 2.49. The smallest absolute Gasteiger partial charge is 0.312 e. The van der Waals surface area contributed by atoms with Crippen LogP contribution in [0.5, 0.6) is 0 Å². The minimum Gasteiger partial charge on any atom is -0.409 e. The third kappa shape index (κ3) is 2.36. The maximum Gasteiger partial charge on any atom is 0.312 e. The molecule has 0 radical (unpaired) electrons. The van der Waals surface area contributed by atoms with Crippen LogP contribution in [0.15, 0.2) is 17.4 Å². The van der Waals surface area contributed by atoms with E-state index in [0.29, 0.717) is 5.82 Å². The third-order valence-corrected chi connectivity index (χ3v) is 3.60. The first-order valence-electron chi connectivity index (χ1n) is 6.27. The second kappa shape index (κ2) is 4.95. The Bertz CT molecular complexity index is 570. The Hall–Kier alpha value is -2.38. The van der Waals surface area contributed by atoms with Gasteiger partial charge in [-0.2, -0.15) is 0 Å². The average Bonchev–Trinajstić information content (AvgIpc) is 2.76. The molecule has 1 aromatic rings. The zero-order valence-electron chi connectivity index (χ0n) is 11.4. The lowest BCUT2D eigenvalue weighted by atomic mass is 10.0. The standard InChI is InChI=1S/C12H17N5O3/c1-12(2)4-3-5-16(12)11-9(17(19)20)6-8(7-14-11)10(13)15-18/h6-7,18H,3-5H2,1-2H3,(H2,13,15). The fraction of sp³-hybridized carbons (Fsp3) is 0.500. The summed E-state index contributed by atoms with van der Waals surface area (Å²) < 4.78 is 0. The van der Waals surface area contributed by atoms with Crippen LogP contribution >= 0.6 is 0 Å². The Morgan fingerprint density at radius 2 is 2.35 bits per heavy atom. The number of nitrogens with zero attached hydrogens (tertiary/aromatic N) is 4. The van der Waals surface area contributed by atoms with Gasteiger partial charge in [0.15, 0.2) is 5.84 Å². The highest BCUT2D eigenvalue weighted by molar-refractivity contribution is 5.97. The third-order valence-electron chi connectivity index (χ3n) is 3.60. The highest BCUT2D eigenvalue weighted by atomic mass is 16.6. The molecule has 1 aromatic heterocycles. The average molecular weight is 279 g/mol. The fourth-order valence-electron chi connectivity index (χ4n) is 2.49. The topological polar surface area (TPSA) is 118 Å². The highest BCUT2D eigenvalue weighted by Crippen LogP contribution is 2.37. The van der Waals surface area contributed by atoms with Crippen molar-refractivity contribution in [3.8, 4) is 0 Å². The minimum absolute atomic E-state index is 0.135. The first-order chi connectivity index (χ1) is 9.36. The van der Waals surface area contributed by atoms with E-state index in [1.165, 1.54) is 12.3 Å². The van der Waals surface area contributed by atoms with Crippen LogP contribution in [0, 0.1) is 10.1 Å². The highest BCUT2D eigenvalue weighted by Gasteiger charge is 2.36. The van der Waals surface area contributed by atoms with Crippen molar-refractivity contribution in [1.82, 2.24) is 4.98 Å². The summed E-state index contributed by atoms with van der Waals surface area (Å²) in [5, 5.41) is 22.7. The number of pyridine rings is 1. The van der Waals surface area contributed by atoms with Gasteiger partial charge in [0, 0.05) is 29.9 Å². The van der Waals surface area contributed by atoms with Crippen LogP contribution in [-0.4, -0.2) is 33.0 Å². The lowest BCUT2D eigenvalue weighted by molar-refractivity contribution is -0.384. The molecule has 20 heavy (non-hydrogen) atoms. The number of hydrogen-bond donors (Lipinski definition) is 2. The summed E-state index contributed by atoms with van der Waals surface area (Å²) in [6.07, 6.45) is 3.30. The van der Waals surface area contributed by atoms with Crippen LogP contribution in [0.1, 0.15) is 32.3 Å². The number of nitrogens with two attached hydrogens (primary N) is 1. The summed E-state index contributed by atoms with van der Waals surface area (Å²) in [4.78, 5) is 16.8. The van der Waals surface area contributed by atoms with E-state index in [4.69, 9.17) is 10.9 Å². The number of hydrogen-bond acceptors (Lipinski definition) is 6. The molecule has 0 saturated carbocycles. The van der Waals surface area contributed by atoms with Crippen LogP contribution in [0.4, 0.5) is 11.5 Å². The number of oxime groups is 1. The van der Waals surface area contributed by atoms with Gasteiger partial charge in [0.25, 0.3) is 0 Å². The van der Waals surface area contributed by atoms with Gasteiger partial charge in [-0.05, 0) is 26.7 Å². The van der Waals surface area contributed by atoms with Gasteiger partial charge < -0.3 is 15.8 Å². The summed E-state index contributed by atoms with van der Waals surface area (Å²) in [6.45, 7) is 4.79. The number of rotatable bonds is 3. The number of anilines is 1. The predicted molar refractivity (Wildman–Crippen MR) is 74.1 cm³/mol. The van der Waals surface area contributed by atoms with Crippen molar-refractivity contribution in [3.63, 3.8) is 0 Å². The molecule has 108 valence electrons. The molecule has 0 unspecified atom stereocenters. The van der Waals surface area contributed by atoms with Crippen molar-refractivity contribution < 1.29 is 10.1 Å². The minimum atomic E-state index is -0.495. The molecule has 1 aliphatic rings. The Balaban J connectivity index is 2.51. The molecular formula is C12H17N5O3. The van der Waals surface area contributed by atoms with Crippen LogP contribution in [-0.2, 0) is 0 Å². The molecule has 1 saturated heterocycles. The van der Waals surface area contributed by atoms with E-state index in [0.717, 1.165) is 19.4 Å². The molecule has 8 heteroatoms. The van der Waals surface area contributed by atoms with E-state index >= 15 is 0 Å². The number of amidine groups is 1. The van der Waals surface area contributed by atoms with E-state index in [1.807, 2.05) is 18.7 Å². The van der Waals surface area contributed by atoms with E-state index in [2.05, 4.69) is 10.1 Å². The second-order valence-electron chi connectivity index (χ2n) is 5.38. The Kier molecular flexibility index (Phi) is 3.47. The lowest BCUT2D eigenvalue weighted by Gasteiger charge is -2.32. The normalized spacial score (nSPS) is 18.3. The Morgan fingerprint density at radius 1 is 1.65 bits per heavy atom.